The minimum absolute atomic E-state index is 0.438. The second kappa shape index (κ2) is 5.90. The van der Waals surface area contributed by atoms with E-state index in [1.807, 2.05) is 31.4 Å². The standard InChI is InChI=1S/C17H12ClN5O/c1-23-10-12(8-21-23)14-7-13(4-5-19-14)24-17-6-11-2-3-16(18)22-15(11)9-20-17/h2-10H,1H3. The average molecular weight is 338 g/mol. The molecule has 0 saturated carbocycles. The van der Waals surface area contributed by atoms with Gasteiger partial charge in [-0.3, -0.25) is 9.67 Å². The Kier molecular flexibility index (Phi) is 3.59. The molecule has 4 aromatic rings. The number of hydrogen-bond donors (Lipinski definition) is 0. The maximum absolute atomic E-state index is 5.88. The molecule has 0 spiro atoms. The molecule has 118 valence electrons. The number of nitrogens with zero attached hydrogens (tertiary/aromatic N) is 5. The van der Waals surface area contributed by atoms with Crippen LogP contribution >= 0.6 is 11.6 Å². The van der Waals surface area contributed by atoms with Crippen molar-refractivity contribution in [3.8, 4) is 22.9 Å². The lowest BCUT2D eigenvalue weighted by atomic mass is 10.2. The van der Waals surface area contributed by atoms with Crippen LogP contribution in [0.1, 0.15) is 0 Å². The Morgan fingerprint density at radius 1 is 1.08 bits per heavy atom. The Morgan fingerprint density at radius 3 is 2.83 bits per heavy atom. The summed E-state index contributed by atoms with van der Waals surface area (Å²) in [6.45, 7) is 0. The van der Waals surface area contributed by atoms with E-state index in [0.717, 1.165) is 22.2 Å². The molecular weight excluding hydrogens is 326 g/mol. The molecule has 0 aliphatic carbocycles. The monoisotopic (exact) mass is 337 g/mol. The van der Waals surface area contributed by atoms with Crippen molar-refractivity contribution in [3.63, 3.8) is 0 Å². The highest BCUT2D eigenvalue weighted by Crippen LogP contribution is 2.26. The Hall–Kier alpha value is -2.99. The van der Waals surface area contributed by atoms with Gasteiger partial charge in [-0.15, -0.1) is 0 Å². The molecule has 4 heterocycles. The largest absolute Gasteiger partial charge is 0.439 e. The number of aryl methyl sites for hydroxylation is 1. The SMILES string of the molecule is Cn1cc(-c2cc(Oc3cc4ccc(Cl)nc4cn3)ccn2)cn1. The summed E-state index contributed by atoms with van der Waals surface area (Å²) in [6, 6.07) is 9.07. The summed E-state index contributed by atoms with van der Waals surface area (Å²) in [7, 11) is 1.86. The maximum atomic E-state index is 5.88. The van der Waals surface area contributed by atoms with Gasteiger partial charge in [0.1, 0.15) is 10.9 Å². The maximum Gasteiger partial charge on any atom is 0.219 e. The first-order valence-electron chi connectivity index (χ1n) is 7.23. The summed E-state index contributed by atoms with van der Waals surface area (Å²) in [4.78, 5) is 12.8. The van der Waals surface area contributed by atoms with Gasteiger partial charge in [0, 0.05) is 42.5 Å². The smallest absolute Gasteiger partial charge is 0.219 e. The van der Waals surface area contributed by atoms with Crippen molar-refractivity contribution in [2.24, 2.45) is 7.05 Å². The van der Waals surface area contributed by atoms with Gasteiger partial charge >= 0.3 is 0 Å². The molecule has 0 unspecified atom stereocenters. The van der Waals surface area contributed by atoms with Gasteiger partial charge in [-0.2, -0.15) is 5.10 Å². The molecule has 6 nitrogen and oxygen atoms in total. The van der Waals surface area contributed by atoms with Crippen molar-refractivity contribution in [1.82, 2.24) is 24.7 Å². The molecule has 24 heavy (non-hydrogen) atoms. The van der Waals surface area contributed by atoms with Crippen LogP contribution in [0.3, 0.4) is 0 Å². The van der Waals surface area contributed by atoms with Crippen LogP contribution < -0.4 is 4.74 Å². The second-order valence-electron chi connectivity index (χ2n) is 5.23. The van der Waals surface area contributed by atoms with E-state index in [-0.39, 0.29) is 0 Å². The van der Waals surface area contributed by atoms with E-state index in [4.69, 9.17) is 16.3 Å². The second-order valence-corrected chi connectivity index (χ2v) is 5.62. The van der Waals surface area contributed by atoms with E-state index in [0.29, 0.717) is 16.8 Å². The number of ether oxygens (including phenoxy) is 1. The van der Waals surface area contributed by atoms with Crippen molar-refractivity contribution in [2.45, 2.75) is 0 Å². The van der Waals surface area contributed by atoms with Gasteiger partial charge in [-0.1, -0.05) is 11.6 Å². The van der Waals surface area contributed by atoms with E-state index in [1.54, 1.807) is 35.4 Å². The fourth-order valence-corrected chi connectivity index (χ4v) is 2.50. The Bertz CT molecular complexity index is 1030. The highest BCUT2D eigenvalue weighted by Gasteiger charge is 2.06. The first-order valence-corrected chi connectivity index (χ1v) is 7.60. The molecule has 0 atom stereocenters. The van der Waals surface area contributed by atoms with Crippen LogP contribution in [-0.4, -0.2) is 24.7 Å². The van der Waals surface area contributed by atoms with E-state index in [2.05, 4.69) is 20.1 Å². The van der Waals surface area contributed by atoms with Gasteiger partial charge in [0.2, 0.25) is 5.88 Å². The number of fused-ring (bicyclic) bond motifs is 1. The predicted octanol–water partition coefficient (Wildman–Crippen LogP) is 3.87. The fourth-order valence-electron chi connectivity index (χ4n) is 2.34. The molecule has 0 aromatic carbocycles. The lowest BCUT2D eigenvalue weighted by molar-refractivity contribution is 0.463. The van der Waals surface area contributed by atoms with Gasteiger partial charge in [0.15, 0.2) is 0 Å². The van der Waals surface area contributed by atoms with E-state index < -0.39 is 0 Å². The van der Waals surface area contributed by atoms with Crippen LogP contribution in [0.15, 0.2) is 55.1 Å². The molecule has 7 heteroatoms. The molecule has 0 radical (unpaired) electrons. The highest BCUT2D eigenvalue weighted by atomic mass is 35.5. The zero-order chi connectivity index (χ0) is 16.5. The molecule has 4 aromatic heterocycles. The van der Waals surface area contributed by atoms with Crippen LogP contribution in [-0.2, 0) is 7.05 Å². The molecule has 4 rings (SSSR count). The van der Waals surface area contributed by atoms with Gasteiger partial charge in [0.05, 0.1) is 23.6 Å². The number of halogens is 1. The third kappa shape index (κ3) is 2.91. The van der Waals surface area contributed by atoms with E-state index in [1.165, 1.54) is 0 Å². The van der Waals surface area contributed by atoms with Crippen LogP contribution in [0.5, 0.6) is 11.6 Å². The molecule has 0 aliphatic rings. The molecular formula is C17H12ClN5O. The summed E-state index contributed by atoms with van der Waals surface area (Å²) in [5, 5.41) is 5.50. The van der Waals surface area contributed by atoms with Gasteiger partial charge in [0.25, 0.3) is 0 Å². The third-order valence-corrected chi connectivity index (χ3v) is 3.68. The third-order valence-electron chi connectivity index (χ3n) is 3.47. The zero-order valence-electron chi connectivity index (χ0n) is 12.7. The number of hydrogen-bond acceptors (Lipinski definition) is 5. The first-order chi connectivity index (χ1) is 11.7. The van der Waals surface area contributed by atoms with E-state index in [9.17, 15) is 0 Å². The van der Waals surface area contributed by atoms with E-state index >= 15 is 0 Å². The van der Waals surface area contributed by atoms with Crippen molar-refractivity contribution in [2.75, 3.05) is 0 Å². The van der Waals surface area contributed by atoms with Crippen LogP contribution in [0.4, 0.5) is 0 Å². The number of aromatic nitrogens is 5. The van der Waals surface area contributed by atoms with Crippen LogP contribution in [0.25, 0.3) is 22.2 Å². The number of rotatable bonds is 3. The van der Waals surface area contributed by atoms with Crippen molar-refractivity contribution >= 4 is 22.5 Å². The summed E-state index contributed by atoms with van der Waals surface area (Å²) in [6.07, 6.45) is 6.99. The molecule has 0 fully saturated rings. The van der Waals surface area contributed by atoms with Gasteiger partial charge in [-0.25, -0.2) is 9.97 Å². The van der Waals surface area contributed by atoms with Gasteiger partial charge in [-0.05, 0) is 18.2 Å². The normalized spacial score (nSPS) is 10.9. The lowest BCUT2D eigenvalue weighted by Crippen LogP contribution is -1.91. The summed E-state index contributed by atoms with van der Waals surface area (Å²) in [5.74, 6) is 1.13. The van der Waals surface area contributed by atoms with Gasteiger partial charge < -0.3 is 4.74 Å². The quantitative estimate of drug-likeness (QED) is 0.531. The minimum Gasteiger partial charge on any atom is -0.439 e. The zero-order valence-corrected chi connectivity index (χ0v) is 13.5. The van der Waals surface area contributed by atoms with Crippen molar-refractivity contribution < 1.29 is 4.74 Å². The first kappa shape index (κ1) is 14.6. The van der Waals surface area contributed by atoms with Crippen molar-refractivity contribution in [1.29, 1.82) is 0 Å². The molecule has 0 bridgehead atoms. The molecule has 0 aliphatic heterocycles. The highest BCUT2D eigenvalue weighted by molar-refractivity contribution is 6.29. The summed E-state index contributed by atoms with van der Waals surface area (Å²) in [5.41, 5.74) is 2.43. The summed E-state index contributed by atoms with van der Waals surface area (Å²) < 4.78 is 7.58. The molecule has 0 saturated heterocycles. The predicted molar refractivity (Wildman–Crippen MR) is 91.1 cm³/mol. The average Bonchev–Trinajstić information content (AvgIpc) is 3.02. The van der Waals surface area contributed by atoms with Crippen molar-refractivity contribution in [3.05, 3.63) is 60.3 Å². The topological polar surface area (TPSA) is 65.7 Å². The van der Waals surface area contributed by atoms with Crippen LogP contribution in [0.2, 0.25) is 5.15 Å². The fraction of sp³-hybridized carbons (Fsp3) is 0.0588. The Balaban J connectivity index is 1.64. The summed E-state index contributed by atoms with van der Waals surface area (Å²) >= 11 is 5.88. The molecule has 0 amide bonds. The Morgan fingerprint density at radius 2 is 2.00 bits per heavy atom. The molecule has 0 N–H and O–H groups in total. The minimum atomic E-state index is 0.438. The van der Waals surface area contributed by atoms with Crippen LogP contribution in [0, 0.1) is 0 Å². The number of pyridine rings is 3. The lowest BCUT2D eigenvalue weighted by Gasteiger charge is -2.06. The Labute approximate surface area is 142 Å².